The van der Waals surface area contributed by atoms with Crippen LogP contribution in [0.4, 0.5) is 11.4 Å². The number of carbonyl (C=O) groups excluding carboxylic acids is 2. The number of methoxy groups -OCH3 is 2. The molecule has 0 heterocycles. The van der Waals surface area contributed by atoms with E-state index in [0.717, 1.165) is 0 Å². The Balaban J connectivity index is 1.97. The number of nitro benzene ring substituents is 1. The molecule has 0 aliphatic rings. The first kappa shape index (κ1) is 21.4. The molecule has 0 saturated carbocycles. The Morgan fingerprint density at radius 2 is 1.76 bits per heavy atom. The van der Waals surface area contributed by atoms with Crippen molar-refractivity contribution in [1.29, 1.82) is 0 Å². The van der Waals surface area contributed by atoms with E-state index in [4.69, 9.17) is 9.47 Å². The molecule has 0 aliphatic carbocycles. The summed E-state index contributed by atoms with van der Waals surface area (Å²) in [6.07, 6.45) is -0.107. The molecule has 2 aromatic carbocycles. The van der Waals surface area contributed by atoms with Gasteiger partial charge < -0.3 is 14.8 Å². The number of hydrogen-bond donors (Lipinski definition) is 2. The SMILES string of the molecule is COc1cc(OC)cc(C(=O)NN=C(C)CC(=O)Nc2cccc([N+](=O)[O-])c2)c1. The molecule has 152 valence electrons. The quantitative estimate of drug-likeness (QED) is 0.398. The Kier molecular flexibility index (Phi) is 7.24. The van der Waals surface area contributed by atoms with Crippen LogP contribution in [0.5, 0.6) is 11.5 Å². The second kappa shape index (κ2) is 9.83. The Labute approximate surface area is 166 Å². The zero-order chi connectivity index (χ0) is 21.4. The van der Waals surface area contributed by atoms with Gasteiger partial charge in [0.25, 0.3) is 11.6 Å². The molecule has 0 saturated heterocycles. The summed E-state index contributed by atoms with van der Waals surface area (Å²) in [4.78, 5) is 34.6. The monoisotopic (exact) mass is 400 g/mol. The maximum absolute atomic E-state index is 12.3. The van der Waals surface area contributed by atoms with E-state index in [0.29, 0.717) is 22.9 Å². The minimum atomic E-state index is -0.550. The Bertz CT molecular complexity index is 935. The van der Waals surface area contributed by atoms with Gasteiger partial charge in [-0.2, -0.15) is 5.10 Å². The molecule has 10 nitrogen and oxygen atoms in total. The first-order chi connectivity index (χ1) is 13.8. The molecular weight excluding hydrogens is 380 g/mol. The highest BCUT2D eigenvalue weighted by Crippen LogP contribution is 2.22. The fourth-order valence-electron chi connectivity index (χ4n) is 2.32. The summed E-state index contributed by atoms with van der Waals surface area (Å²) >= 11 is 0. The normalized spacial score (nSPS) is 10.8. The first-order valence-corrected chi connectivity index (χ1v) is 8.43. The molecule has 0 bridgehead atoms. The molecule has 0 aliphatic heterocycles. The van der Waals surface area contributed by atoms with Gasteiger partial charge in [-0.25, -0.2) is 5.43 Å². The predicted octanol–water partition coefficient (Wildman–Crippen LogP) is 2.75. The fourth-order valence-corrected chi connectivity index (χ4v) is 2.32. The van der Waals surface area contributed by atoms with Crippen molar-refractivity contribution < 1.29 is 24.0 Å². The molecule has 2 aromatic rings. The van der Waals surface area contributed by atoms with E-state index >= 15 is 0 Å². The number of hydrogen-bond acceptors (Lipinski definition) is 7. The number of nitrogens with zero attached hydrogens (tertiary/aromatic N) is 2. The van der Waals surface area contributed by atoms with Gasteiger partial charge in [-0.3, -0.25) is 19.7 Å². The van der Waals surface area contributed by atoms with Crippen molar-refractivity contribution >= 4 is 28.9 Å². The van der Waals surface area contributed by atoms with Crippen molar-refractivity contribution in [3.63, 3.8) is 0 Å². The highest BCUT2D eigenvalue weighted by Gasteiger charge is 2.11. The summed E-state index contributed by atoms with van der Waals surface area (Å²) in [5.74, 6) is -0.0252. The predicted molar refractivity (Wildman–Crippen MR) is 106 cm³/mol. The second-order valence-electron chi connectivity index (χ2n) is 5.92. The smallest absolute Gasteiger partial charge is 0.271 e. The Morgan fingerprint density at radius 1 is 1.10 bits per heavy atom. The molecule has 29 heavy (non-hydrogen) atoms. The molecule has 0 unspecified atom stereocenters. The van der Waals surface area contributed by atoms with Gasteiger partial charge in [0.05, 0.1) is 25.6 Å². The third-order valence-corrected chi connectivity index (χ3v) is 3.72. The van der Waals surface area contributed by atoms with Crippen molar-refractivity contribution in [3.05, 3.63) is 58.1 Å². The number of nitrogens with one attached hydrogen (secondary N) is 2. The molecule has 0 fully saturated rings. The van der Waals surface area contributed by atoms with Gasteiger partial charge in [-0.15, -0.1) is 0 Å². The molecule has 0 spiro atoms. The number of hydrazone groups is 1. The van der Waals surface area contributed by atoms with Gasteiger partial charge in [0, 0.05) is 35.2 Å². The number of carbonyl (C=O) groups is 2. The van der Waals surface area contributed by atoms with Crippen LogP contribution in [0.15, 0.2) is 47.6 Å². The number of anilines is 1. The van der Waals surface area contributed by atoms with Gasteiger partial charge >= 0.3 is 0 Å². The van der Waals surface area contributed by atoms with Gasteiger partial charge in [0.2, 0.25) is 5.91 Å². The average Bonchev–Trinajstić information content (AvgIpc) is 2.71. The lowest BCUT2D eigenvalue weighted by Gasteiger charge is -2.08. The maximum Gasteiger partial charge on any atom is 0.271 e. The highest BCUT2D eigenvalue weighted by molar-refractivity contribution is 6.06. The van der Waals surface area contributed by atoms with Gasteiger partial charge in [0.15, 0.2) is 0 Å². The van der Waals surface area contributed by atoms with Gasteiger partial charge in [0.1, 0.15) is 11.5 Å². The van der Waals surface area contributed by atoms with Crippen LogP contribution in [-0.2, 0) is 4.79 Å². The minimum absolute atomic E-state index is 0.107. The van der Waals surface area contributed by atoms with E-state index in [2.05, 4.69) is 15.8 Å². The first-order valence-electron chi connectivity index (χ1n) is 8.43. The Hall–Kier alpha value is -3.95. The van der Waals surface area contributed by atoms with E-state index in [-0.39, 0.29) is 17.7 Å². The van der Waals surface area contributed by atoms with Crippen LogP contribution in [0.3, 0.4) is 0 Å². The Morgan fingerprint density at radius 3 is 2.34 bits per heavy atom. The molecule has 0 aromatic heterocycles. The van der Waals surface area contributed by atoms with Crippen LogP contribution in [0.2, 0.25) is 0 Å². The van der Waals surface area contributed by atoms with E-state index < -0.39 is 16.7 Å². The number of benzene rings is 2. The standard InChI is InChI=1S/C19H20N4O6/c1-12(7-18(24)20-14-5-4-6-15(10-14)23(26)27)21-22-19(25)13-8-16(28-2)11-17(9-13)29-3/h4-6,8-11H,7H2,1-3H3,(H,20,24)(H,22,25). The number of amides is 2. The highest BCUT2D eigenvalue weighted by atomic mass is 16.6. The van der Waals surface area contributed by atoms with E-state index in [1.165, 1.54) is 50.6 Å². The largest absolute Gasteiger partial charge is 0.497 e. The summed E-state index contributed by atoms with van der Waals surface area (Å²) in [6.45, 7) is 1.57. The summed E-state index contributed by atoms with van der Waals surface area (Å²) < 4.78 is 10.2. The number of non-ortho nitro benzene ring substituents is 1. The summed E-state index contributed by atoms with van der Waals surface area (Å²) in [7, 11) is 2.94. The summed E-state index contributed by atoms with van der Waals surface area (Å²) in [5, 5.41) is 17.2. The maximum atomic E-state index is 12.3. The number of ether oxygens (including phenoxy) is 2. The van der Waals surface area contributed by atoms with Crippen molar-refractivity contribution in [2.75, 3.05) is 19.5 Å². The number of nitro groups is 1. The zero-order valence-electron chi connectivity index (χ0n) is 16.1. The fraction of sp³-hybridized carbons (Fsp3) is 0.211. The average molecular weight is 400 g/mol. The topological polar surface area (TPSA) is 132 Å². The minimum Gasteiger partial charge on any atom is -0.497 e. The molecule has 2 N–H and O–H groups in total. The molecule has 0 atom stereocenters. The van der Waals surface area contributed by atoms with E-state index in [9.17, 15) is 19.7 Å². The second-order valence-corrected chi connectivity index (χ2v) is 5.92. The van der Waals surface area contributed by atoms with Gasteiger partial charge in [-0.05, 0) is 25.1 Å². The van der Waals surface area contributed by atoms with Crippen LogP contribution < -0.4 is 20.2 Å². The van der Waals surface area contributed by atoms with E-state index in [1.807, 2.05) is 0 Å². The van der Waals surface area contributed by atoms with Gasteiger partial charge in [-0.1, -0.05) is 6.07 Å². The van der Waals surface area contributed by atoms with Crippen LogP contribution >= 0.6 is 0 Å². The lowest BCUT2D eigenvalue weighted by atomic mass is 10.2. The molecular formula is C19H20N4O6. The molecule has 2 amide bonds. The van der Waals surface area contributed by atoms with Crippen LogP contribution in [0.25, 0.3) is 0 Å². The lowest BCUT2D eigenvalue weighted by Crippen LogP contribution is -2.21. The third-order valence-electron chi connectivity index (χ3n) is 3.72. The van der Waals surface area contributed by atoms with Crippen LogP contribution in [0, 0.1) is 10.1 Å². The molecule has 0 radical (unpaired) electrons. The van der Waals surface area contributed by atoms with Crippen molar-refractivity contribution in [2.24, 2.45) is 5.10 Å². The summed E-state index contributed by atoms with van der Waals surface area (Å²) in [5.41, 5.74) is 3.15. The van der Waals surface area contributed by atoms with Crippen molar-refractivity contribution in [2.45, 2.75) is 13.3 Å². The lowest BCUT2D eigenvalue weighted by molar-refractivity contribution is -0.384. The van der Waals surface area contributed by atoms with Crippen LogP contribution in [-0.4, -0.2) is 36.7 Å². The zero-order valence-corrected chi connectivity index (χ0v) is 16.1. The van der Waals surface area contributed by atoms with Crippen molar-refractivity contribution in [3.8, 4) is 11.5 Å². The third kappa shape index (κ3) is 6.31. The van der Waals surface area contributed by atoms with Crippen LogP contribution in [0.1, 0.15) is 23.7 Å². The molecule has 10 heteroatoms. The van der Waals surface area contributed by atoms with Crippen molar-refractivity contribution in [1.82, 2.24) is 5.43 Å². The molecule has 2 rings (SSSR count). The number of rotatable bonds is 8. The van der Waals surface area contributed by atoms with E-state index in [1.54, 1.807) is 13.0 Å². The summed E-state index contributed by atoms with van der Waals surface area (Å²) in [6, 6.07) is 10.3.